The Bertz CT molecular complexity index is 2310. The number of hydrogen-bond acceptors (Lipinski definition) is 3. The standard InChI is InChI=1S/C44H34N2S/c1-44(2,3)35-23-21-29(22-24-35)32-25-33(36-18-12-19-38-37-17-10-11-20-41(37)47-42(36)38)27-34(26-32)40-28-39(30-13-6-4-7-14-30)45-43(46-40)31-15-8-5-9-16-31/h4-28H,1-3H3. The topological polar surface area (TPSA) is 25.8 Å². The van der Waals surface area contributed by atoms with Gasteiger partial charge in [0.2, 0.25) is 0 Å². The zero-order valence-electron chi connectivity index (χ0n) is 26.7. The van der Waals surface area contributed by atoms with Crippen molar-refractivity contribution in [1.29, 1.82) is 0 Å². The smallest absolute Gasteiger partial charge is 0.160 e. The van der Waals surface area contributed by atoms with E-state index in [0.29, 0.717) is 0 Å². The molecule has 2 aromatic heterocycles. The maximum absolute atomic E-state index is 5.20. The highest BCUT2D eigenvalue weighted by atomic mass is 32.1. The van der Waals surface area contributed by atoms with Gasteiger partial charge in [0.1, 0.15) is 0 Å². The maximum Gasteiger partial charge on any atom is 0.160 e. The molecule has 0 aliphatic heterocycles. The van der Waals surface area contributed by atoms with Crippen LogP contribution >= 0.6 is 11.3 Å². The molecule has 0 unspecified atom stereocenters. The lowest BCUT2D eigenvalue weighted by atomic mass is 9.86. The van der Waals surface area contributed by atoms with E-state index in [1.807, 2.05) is 35.6 Å². The summed E-state index contributed by atoms with van der Waals surface area (Å²) in [4.78, 5) is 10.3. The van der Waals surface area contributed by atoms with Crippen molar-refractivity contribution in [3.05, 3.63) is 157 Å². The first-order chi connectivity index (χ1) is 22.9. The zero-order chi connectivity index (χ0) is 32.0. The molecule has 47 heavy (non-hydrogen) atoms. The fourth-order valence-corrected chi connectivity index (χ4v) is 7.54. The average molecular weight is 623 g/mol. The minimum Gasteiger partial charge on any atom is -0.228 e. The van der Waals surface area contributed by atoms with Gasteiger partial charge in [-0.15, -0.1) is 11.3 Å². The van der Waals surface area contributed by atoms with E-state index in [2.05, 4.69) is 148 Å². The molecule has 0 aliphatic rings. The highest BCUT2D eigenvalue weighted by molar-refractivity contribution is 7.26. The highest BCUT2D eigenvalue weighted by Gasteiger charge is 2.17. The Hall–Kier alpha value is -5.38. The van der Waals surface area contributed by atoms with Crippen molar-refractivity contribution < 1.29 is 0 Å². The molecule has 8 rings (SSSR count). The van der Waals surface area contributed by atoms with E-state index in [0.717, 1.165) is 39.5 Å². The van der Waals surface area contributed by atoms with Crippen LogP contribution in [0.5, 0.6) is 0 Å². The van der Waals surface area contributed by atoms with Crippen LogP contribution in [-0.2, 0) is 5.41 Å². The largest absolute Gasteiger partial charge is 0.228 e. The summed E-state index contributed by atoms with van der Waals surface area (Å²) in [6.07, 6.45) is 0. The van der Waals surface area contributed by atoms with Gasteiger partial charge in [-0.3, -0.25) is 0 Å². The molecule has 3 heteroatoms. The van der Waals surface area contributed by atoms with Gasteiger partial charge in [0.05, 0.1) is 11.4 Å². The third kappa shape index (κ3) is 5.64. The second-order valence-corrected chi connectivity index (χ2v) is 14.2. The number of nitrogens with zero attached hydrogens (tertiary/aromatic N) is 2. The predicted molar refractivity (Wildman–Crippen MR) is 201 cm³/mol. The minimum absolute atomic E-state index is 0.0883. The van der Waals surface area contributed by atoms with Gasteiger partial charge in [0.25, 0.3) is 0 Å². The van der Waals surface area contributed by atoms with Crippen LogP contribution in [-0.4, -0.2) is 9.97 Å². The van der Waals surface area contributed by atoms with E-state index in [1.54, 1.807) is 0 Å². The minimum atomic E-state index is 0.0883. The molecule has 8 aromatic rings. The normalized spacial score (nSPS) is 11.7. The molecular formula is C44H34N2S. The van der Waals surface area contributed by atoms with Gasteiger partial charge in [-0.05, 0) is 63.6 Å². The van der Waals surface area contributed by atoms with E-state index in [9.17, 15) is 0 Å². The summed E-state index contributed by atoms with van der Waals surface area (Å²) >= 11 is 1.86. The lowest BCUT2D eigenvalue weighted by molar-refractivity contribution is 0.590. The SMILES string of the molecule is CC(C)(C)c1ccc(-c2cc(-c3cc(-c4ccccc4)nc(-c4ccccc4)n3)cc(-c3cccc4c3sc3ccccc34)c2)cc1. The van der Waals surface area contributed by atoms with Crippen molar-refractivity contribution in [2.75, 3.05) is 0 Å². The molecule has 0 spiro atoms. The van der Waals surface area contributed by atoms with Crippen molar-refractivity contribution in [3.8, 4) is 56.2 Å². The Balaban J connectivity index is 1.37. The first-order valence-corrected chi connectivity index (χ1v) is 16.9. The summed E-state index contributed by atoms with van der Waals surface area (Å²) < 4.78 is 2.61. The van der Waals surface area contributed by atoms with E-state index >= 15 is 0 Å². The monoisotopic (exact) mass is 622 g/mol. The lowest BCUT2D eigenvalue weighted by Crippen LogP contribution is -2.10. The van der Waals surface area contributed by atoms with Gasteiger partial charge in [-0.1, -0.05) is 142 Å². The van der Waals surface area contributed by atoms with Crippen LogP contribution in [0.4, 0.5) is 0 Å². The molecule has 0 atom stereocenters. The Labute approximate surface area is 280 Å². The third-order valence-electron chi connectivity index (χ3n) is 8.86. The van der Waals surface area contributed by atoms with Crippen molar-refractivity contribution >= 4 is 31.5 Å². The Kier molecular flexibility index (Phi) is 7.27. The van der Waals surface area contributed by atoms with Crippen LogP contribution in [0.2, 0.25) is 0 Å². The number of rotatable bonds is 5. The summed E-state index contributed by atoms with van der Waals surface area (Å²) in [7, 11) is 0. The molecule has 0 N–H and O–H groups in total. The molecule has 0 saturated heterocycles. The Morgan fingerprint density at radius 2 is 1.04 bits per heavy atom. The van der Waals surface area contributed by atoms with Gasteiger partial charge in [-0.2, -0.15) is 0 Å². The van der Waals surface area contributed by atoms with E-state index < -0.39 is 0 Å². The molecule has 226 valence electrons. The van der Waals surface area contributed by atoms with Gasteiger partial charge in [0.15, 0.2) is 5.82 Å². The Morgan fingerprint density at radius 3 is 1.77 bits per heavy atom. The molecule has 6 aromatic carbocycles. The number of fused-ring (bicyclic) bond motifs is 3. The summed E-state index contributed by atoms with van der Waals surface area (Å²) in [6, 6.07) is 54.2. The molecular weight excluding hydrogens is 589 g/mol. The number of thiophene rings is 1. The van der Waals surface area contributed by atoms with Crippen LogP contribution in [0.15, 0.2) is 152 Å². The summed E-state index contributed by atoms with van der Waals surface area (Å²) in [6.45, 7) is 6.78. The lowest BCUT2D eigenvalue weighted by Gasteiger charge is -2.19. The second kappa shape index (κ2) is 11.8. The van der Waals surface area contributed by atoms with E-state index in [4.69, 9.17) is 9.97 Å². The van der Waals surface area contributed by atoms with Crippen molar-refractivity contribution in [3.63, 3.8) is 0 Å². The molecule has 0 radical (unpaired) electrons. The third-order valence-corrected chi connectivity index (χ3v) is 10.1. The van der Waals surface area contributed by atoms with Crippen molar-refractivity contribution in [2.45, 2.75) is 26.2 Å². The first-order valence-electron chi connectivity index (χ1n) is 16.1. The van der Waals surface area contributed by atoms with E-state index in [-0.39, 0.29) is 5.41 Å². The molecule has 2 nitrogen and oxygen atoms in total. The van der Waals surface area contributed by atoms with Crippen LogP contribution in [0.1, 0.15) is 26.3 Å². The summed E-state index contributed by atoms with van der Waals surface area (Å²) in [5.74, 6) is 0.718. The molecule has 0 amide bonds. The first kappa shape index (κ1) is 29.1. The van der Waals surface area contributed by atoms with Gasteiger partial charge >= 0.3 is 0 Å². The molecule has 0 aliphatic carbocycles. The van der Waals surface area contributed by atoms with Crippen molar-refractivity contribution in [1.82, 2.24) is 9.97 Å². The summed E-state index contributed by atoms with van der Waals surface area (Å²) in [5, 5.41) is 2.60. The average Bonchev–Trinajstić information content (AvgIpc) is 3.51. The number of benzene rings is 6. The molecule has 0 bridgehead atoms. The van der Waals surface area contributed by atoms with E-state index in [1.165, 1.54) is 42.4 Å². The van der Waals surface area contributed by atoms with Crippen molar-refractivity contribution in [2.24, 2.45) is 0 Å². The second-order valence-electron chi connectivity index (χ2n) is 13.1. The number of hydrogen-bond donors (Lipinski definition) is 0. The quantitative estimate of drug-likeness (QED) is 0.191. The van der Waals surface area contributed by atoms with Gasteiger partial charge in [-0.25, -0.2) is 9.97 Å². The fourth-order valence-electron chi connectivity index (χ4n) is 6.30. The Morgan fingerprint density at radius 1 is 0.447 bits per heavy atom. The fraction of sp³-hybridized carbons (Fsp3) is 0.0909. The van der Waals surface area contributed by atoms with Crippen LogP contribution in [0.25, 0.3) is 76.3 Å². The zero-order valence-corrected chi connectivity index (χ0v) is 27.6. The van der Waals surface area contributed by atoms with Gasteiger partial charge < -0.3 is 0 Å². The van der Waals surface area contributed by atoms with Crippen LogP contribution in [0, 0.1) is 0 Å². The highest BCUT2D eigenvalue weighted by Crippen LogP contribution is 2.42. The molecule has 0 saturated carbocycles. The maximum atomic E-state index is 5.20. The van der Waals surface area contributed by atoms with Crippen LogP contribution < -0.4 is 0 Å². The van der Waals surface area contributed by atoms with Crippen LogP contribution in [0.3, 0.4) is 0 Å². The number of aromatic nitrogens is 2. The molecule has 2 heterocycles. The molecule has 0 fully saturated rings. The van der Waals surface area contributed by atoms with Gasteiger partial charge in [0, 0.05) is 36.9 Å². The summed E-state index contributed by atoms with van der Waals surface area (Å²) in [5.41, 5.74) is 11.1. The predicted octanol–water partition coefficient (Wildman–Crippen LogP) is 12.5.